The number of anilines is 2. The predicted octanol–water partition coefficient (Wildman–Crippen LogP) is 7.85. The minimum absolute atomic E-state index is 0.125. The lowest BCUT2D eigenvalue weighted by Crippen LogP contribution is -2.11. The molecule has 35 heavy (non-hydrogen) atoms. The van der Waals surface area contributed by atoms with E-state index in [4.69, 9.17) is 23.2 Å². The summed E-state index contributed by atoms with van der Waals surface area (Å²) in [7, 11) is 1.94. The summed E-state index contributed by atoms with van der Waals surface area (Å²) in [5, 5.41) is 1.37. The van der Waals surface area contributed by atoms with Crippen molar-refractivity contribution in [3.05, 3.63) is 131 Å². The molecule has 0 spiro atoms. The summed E-state index contributed by atoms with van der Waals surface area (Å²) in [5.41, 5.74) is 5.83. The highest BCUT2D eigenvalue weighted by molar-refractivity contribution is 6.31. The van der Waals surface area contributed by atoms with Crippen molar-refractivity contribution in [3.8, 4) is 16.9 Å². The number of ketones is 1. The van der Waals surface area contributed by atoms with Gasteiger partial charge in [-0.05, 0) is 90.5 Å². The van der Waals surface area contributed by atoms with E-state index in [1.54, 1.807) is 12.3 Å². The number of halogens is 2. The molecule has 0 aliphatic heterocycles. The Bertz CT molecular complexity index is 1470. The molecular weight excluding hydrogens is 477 g/mol. The van der Waals surface area contributed by atoms with Crippen LogP contribution in [0.3, 0.4) is 0 Å². The van der Waals surface area contributed by atoms with E-state index in [9.17, 15) is 4.79 Å². The Kier molecular flexibility index (Phi) is 6.41. The first-order valence-corrected chi connectivity index (χ1v) is 11.8. The van der Waals surface area contributed by atoms with Gasteiger partial charge >= 0.3 is 0 Å². The fourth-order valence-electron chi connectivity index (χ4n) is 3.94. The first-order chi connectivity index (χ1) is 17.0. The van der Waals surface area contributed by atoms with Crippen LogP contribution in [-0.2, 0) is 0 Å². The van der Waals surface area contributed by atoms with Crippen molar-refractivity contribution in [3.63, 3.8) is 0 Å². The average Bonchev–Trinajstić information content (AvgIpc) is 3.39. The normalized spacial score (nSPS) is 10.8. The van der Waals surface area contributed by atoms with Gasteiger partial charge in [-0.3, -0.25) is 9.78 Å². The number of carbonyl (C=O) groups is 1. The molecule has 0 fully saturated rings. The number of aromatic nitrogens is 2. The maximum Gasteiger partial charge on any atom is 0.211 e. The molecule has 0 radical (unpaired) electrons. The molecule has 4 nitrogen and oxygen atoms in total. The smallest absolute Gasteiger partial charge is 0.211 e. The van der Waals surface area contributed by atoms with Crippen LogP contribution in [0.2, 0.25) is 10.0 Å². The van der Waals surface area contributed by atoms with Gasteiger partial charge in [0.05, 0.1) is 17.6 Å². The monoisotopic (exact) mass is 497 g/mol. The summed E-state index contributed by atoms with van der Waals surface area (Å²) in [6, 6.07) is 30.5. The number of pyridine rings is 1. The lowest BCUT2D eigenvalue weighted by atomic mass is 10.1. The van der Waals surface area contributed by atoms with Crippen LogP contribution >= 0.6 is 23.2 Å². The quantitative estimate of drug-likeness (QED) is 0.224. The van der Waals surface area contributed by atoms with Gasteiger partial charge in [0.2, 0.25) is 5.78 Å². The van der Waals surface area contributed by atoms with Crippen LogP contribution in [0, 0.1) is 0 Å². The molecule has 2 heterocycles. The summed E-state index contributed by atoms with van der Waals surface area (Å²) in [6.07, 6.45) is 3.69. The Hall–Kier alpha value is -3.86. The predicted molar refractivity (Wildman–Crippen MR) is 143 cm³/mol. The lowest BCUT2D eigenvalue weighted by Gasteiger charge is -2.19. The molecule has 0 atom stereocenters. The van der Waals surface area contributed by atoms with Crippen molar-refractivity contribution < 1.29 is 4.79 Å². The zero-order valence-electron chi connectivity index (χ0n) is 18.9. The molecule has 0 bridgehead atoms. The Morgan fingerprint density at radius 3 is 2.23 bits per heavy atom. The highest BCUT2D eigenvalue weighted by Crippen LogP contribution is 2.27. The number of hydrogen-bond acceptors (Lipinski definition) is 3. The van der Waals surface area contributed by atoms with Crippen LogP contribution < -0.4 is 4.90 Å². The van der Waals surface area contributed by atoms with Crippen molar-refractivity contribution in [1.82, 2.24) is 9.55 Å². The second-order valence-corrected chi connectivity index (χ2v) is 8.96. The van der Waals surface area contributed by atoms with Crippen molar-refractivity contribution in [2.24, 2.45) is 0 Å². The molecule has 2 aromatic heterocycles. The third kappa shape index (κ3) is 4.85. The van der Waals surface area contributed by atoms with Crippen LogP contribution in [-0.4, -0.2) is 22.4 Å². The molecule has 0 N–H and O–H groups in total. The largest absolute Gasteiger partial charge is 0.343 e. The van der Waals surface area contributed by atoms with E-state index >= 15 is 0 Å². The van der Waals surface area contributed by atoms with Crippen molar-refractivity contribution in [2.45, 2.75) is 0 Å². The molecule has 0 saturated heterocycles. The molecule has 5 aromatic rings. The van der Waals surface area contributed by atoms with Gasteiger partial charge < -0.3 is 9.47 Å². The van der Waals surface area contributed by atoms with Gasteiger partial charge in [-0.25, -0.2) is 0 Å². The highest BCUT2D eigenvalue weighted by Gasteiger charge is 2.13. The third-order valence-electron chi connectivity index (χ3n) is 5.86. The van der Waals surface area contributed by atoms with E-state index in [1.165, 1.54) is 0 Å². The first-order valence-electron chi connectivity index (χ1n) is 11.0. The molecule has 0 amide bonds. The van der Waals surface area contributed by atoms with E-state index < -0.39 is 0 Å². The van der Waals surface area contributed by atoms with Crippen molar-refractivity contribution in [1.29, 1.82) is 0 Å². The Labute approximate surface area is 214 Å². The lowest BCUT2D eigenvalue weighted by molar-refractivity contribution is 0.103. The molecular formula is C29H21Cl2N3O. The molecule has 5 rings (SSSR count). The number of rotatable bonds is 6. The van der Waals surface area contributed by atoms with E-state index in [0.29, 0.717) is 21.3 Å². The highest BCUT2D eigenvalue weighted by atomic mass is 35.5. The fraction of sp³-hybridized carbons (Fsp3) is 0.0345. The molecule has 6 heteroatoms. The molecule has 0 saturated carbocycles. The molecule has 0 unspecified atom stereocenters. The average molecular weight is 498 g/mol. The van der Waals surface area contributed by atoms with Crippen molar-refractivity contribution in [2.75, 3.05) is 11.9 Å². The van der Waals surface area contributed by atoms with Crippen LogP contribution in [0.5, 0.6) is 0 Å². The SMILES string of the molecule is CN(c1ccc(Cl)cc1)c1ccc(C(=O)c2ccc(-n3cccc3-c3cccc(Cl)c3)cc2)nc1. The van der Waals surface area contributed by atoms with E-state index in [-0.39, 0.29) is 5.78 Å². The summed E-state index contributed by atoms with van der Waals surface area (Å²) in [4.78, 5) is 19.5. The topological polar surface area (TPSA) is 38.1 Å². The van der Waals surface area contributed by atoms with Gasteiger partial charge in [0, 0.05) is 40.2 Å². The zero-order valence-corrected chi connectivity index (χ0v) is 20.4. The van der Waals surface area contributed by atoms with Gasteiger partial charge in [-0.2, -0.15) is 0 Å². The number of nitrogens with zero attached hydrogens (tertiary/aromatic N) is 3. The first kappa shape index (κ1) is 22.9. The van der Waals surface area contributed by atoms with Crippen LogP contribution in [0.25, 0.3) is 16.9 Å². The maximum atomic E-state index is 13.0. The maximum absolute atomic E-state index is 13.0. The van der Waals surface area contributed by atoms with E-state index in [0.717, 1.165) is 28.3 Å². The zero-order chi connectivity index (χ0) is 24.4. The second kappa shape index (κ2) is 9.79. The Morgan fingerprint density at radius 2 is 1.54 bits per heavy atom. The second-order valence-electron chi connectivity index (χ2n) is 8.09. The molecule has 172 valence electrons. The summed E-state index contributed by atoms with van der Waals surface area (Å²) in [6.45, 7) is 0. The molecule has 0 aliphatic carbocycles. The summed E-state index contributed by atoms with van der Waals surface area (Å²) >= 11 is 12.2. The molecule has 0 aliphatic rings. The summed E-state index contributed by atoms with van der Waals surface area (Å²) in [5.74, 6) is -0.125. The van der Waals surface area contributed by atoms with Gasteiger partial charge in [0.1, 0.15) is 5.69 Å². The fourth-order valence-corrected chi connectivity index (χ4v) is 4.26. The van der Waals surface area contributed by atoms with E-state index in [1.807, 2.05) is 109 Å². The number of hydrogen-bond donors (Lipinski definition) is 0. The van der Waals surface area contributed by atoms with Gasteiger partial charge in [-0.15, -0.1) is 0 Å². The minimum atomic E-state index is -0.125. The number of benzene rings is 3. The van der Waals surface area contributed by atoms with E-state index in [2.05, 4.69) is 9.55 Å². The summed E-state index contributed by atoms with van der Waals surface area (Å²) < 4.78 is 2.07. The number of carbonyl (C=O) groups excluding carboxylic acids is 1. The third-order valence-corrected chi connectivity index (χ3v) is 6.35. The molecule has 3 aromatic carbocycles. The van der Waals surface area contributed by atoms with Gasteiger partial charge in [-0.1, -0.05) is 35.3 Å². The minimum Gasteiger partial charge on any atom is -0.343 e. The van der Waals surface area contributed by atoms with Crippen molar-refractivity contribution >= 4 is 40.4 Å². The van der Waals surface area contributed by atoms with Crippen LogP contribution in [0.15, 0.2) is 109 Å². The Balaban J connectivity index is 1.34. The van der Waals surface area contributed by atoms with Gasteiger partial charge in [0.15, 0.2) is 0 Å². The van der Waals surface area contributed by atoms with Crippen LogP contribution in [0.1, 0.15) is 16.1 Å². The van der Waals surface area contributed by atoms with Crippen LogP contribution in [0.4, 0.5) is 11.4 Å². The standard InChI is InChI=1S/C29H21Cl2N3O/c1-33(24-13-9-22(30)10-14-24)26-15-16-27(32-19-26)29(35)20-7-11-25(12-8-20)34-17-3-6-28(34)21-4-2-5-23(31)18-21/h2-19H,1H3. The van der Waals surface area contributed by atoms with Gasteiger partial charge in [0.25, 0.3) is 0 Å². The Morgan fingerprint density at radius 1 is 0.800 bits per heavy atom.